The smallest absolute Gasteiger partial charge is 0.00793 e. The molecule has 1 N–H and O–H groups in total. The highest BCUT2D eigenvalue weighted by atomic mass is 15.1. The lowest BCUT2D eigenvalue weighted by atomic mass is 9.91. The zero-order valence-corrected chi connectivity index (χ0v) is 13.3. The Hall–Kier alpha value is -0.0800. The largest absolute Gasteiger partial charge is 0.314 e. The van der Waals surface area contributed by atoms with Crippen molar-refractivity contribution in [2.45, 2.75) is 65.3 Å². The van der Waals surface area contributed by atoms with Gasteiger partial charge in [0.1, 0.15) is 0 Å². The fraction of sp³-hybridized carbons (Fsp3) is 1.00. The number of nitrogens with zero attached hydrogens (tertiary/aromatic N) is 1. The predicted molar refractivity (Wildman–Crippen MR) is 83.4 cm³/mol. The second kappa shape index (κ2) is 7.64. The molecule has 2 fully saturated rings. The maximum atomic E-state index is 3.85. The lowest BCUT2D eigenvalue weighted by Crippen LogP contribution is -2.45. The Morgan fingerprint density at radius 1 is 1.26 bits per heavy atom. The third kappa shape index (κ3) is 4.75. The fourth-order valence-corrected chi connectivity index (χ4v) is 4.05. The molecule has 4 atom stereocenters. The highest BCUT2D eigenvalue weighted by molar-refractivity contribution is 4.82. The maximum absolute atomic E-state index is 3.85. The van der Waals surface area contributed by atoms with E-state index in [2.05, 4.69) is 31.0 Å². The van der Waals surface area contributed by atoms with Crippen molar-refractivity contribution in [3.63, 3.8) is 0 Å². The predicted octanol–water partition coefficient (Wildman–Crippen LogP) is 3.52. The molecular formula is C17H34N2. The van der Waals surface area contributed by atoms with Crippen molar-refractivity contribution in [3.8, 4) is 0 Å². The Morgan fingerprint density at radius 2 is 2.11 bits per heavy atom. The van der Waals surface area contributed by atoms with Crippen LogP contribution in [0.4, 0.5) is 0 Å². The molecule has 1 heterocycles. The molecule has 2 heteroatoms. The quantitative estimate of drug-likeness (QED) is 0.791. The van der Waals surface area contributed by atoms with E-state index in [0.717, 1.165) is 17.8 Å². The first kappa shape index (κ1) is 15.3. The van der Waals surface area contributed by atoms with Crippen molar-refractivity contribution in [3.05, 3.63) is 0 Å². The average molecular weight is 266 g/mol. The van der Waals surface area contributed by atoms with E-state index in [1.54, 1.807) is 0 Å². The lowest BCUT2D eigenvalue weighted by molar-refractivity contribution is 0.149. The van der Waals surface area contributed by atoms with Crippen molar-refractivity contribution in [1.29, 1.82) is 0 Å². The minimum absolute atomic E-state index is 0.704. The summed E-state index contributed by atoms with van der Waals surface area (Å²) >= 11 is 0. The van der Waals surface area contributed by atoms with E-state index < -0.39 is 0 Å². The Balaban J connectivity index is 1.68. The van der Waals surface area contributed by atoms with Crippen molar-refractivity contribution in [1.82, 2.24) is 10.2 Å². The van der Waals surface area contributed by atoms with Gasteiger partial charge in [0.2, 0.25) is 0 Å². The normalized spacial score (nSPS) is 34.6. The van der Waals surface area contributed by atoms with Crippen LogP contribution in [0.15, 0.2) is 0 Å². The van der Waals surface area contributed by atoms with Crippen molar-refractivity contribution in [2.75, 3.05) is 26.2 Å². The van der Waals surface area contributed by atoms with Gasteiger partial charge in [-0.05, 0) is 76.4 Å². The molecule has 112 valence electrons. The molecule has 1 aliphatic carbocycles. The number of likely N-dealkylation sites (tertiary alicyclic amines) is 1. The van der Waals surface area contributed by atoms with Crippen LogP contribution in [-0.2, 0) is 0 Å². The summed E-state index contributed by atoms with van der Waals surface area (Å²) in [6.07, 6.45) is 8.48. The standard InChI is InChI=1S/C17H34N2/c1-4-9-19-10-5-6-17(13-19)15(3)18-12-16-8-7-14(2)11-16/h14-18H,4-13H2,1-3H3. The minimum atomic E-state index is 0.704. The minimum Gasteiger partial charge on any atom is -0.314 e. The molecule has 2 nitrogen and oxygen atoms in total. The Kier molecular flexibility index (Phi) is 6.15. The summed E-state index contributed by atoms with van der Waals surface area (Å²) in [5, 5.41) is 3.85. The molecule has 0 amide bonds. The zero-order chi connectivity index (χ0) is 13.7. The second-order valence-electron chi connectivity index (χ2n) is 7.18. The molecule has 0 spiro atoms. The summed E-state index contributed by atoms with van der Waals surface area (Å²) in [6, 6.07) is 0.704. The van der Waals surface area contributed by atoms with Crippen LogP contribution in [0.25, 0.3) is 0 Å². The van der Waals surface area contributed by atoms with Gasteiger partial charge in [-0.2, -0.15) is 0 Å². The van der Waals surface area contributed by atoms with E-state index in [0.29, 0.717) is 6.04 Å². The molecule has 19 heavy (non-hydrogen) atoms. The third-order valence-electron chi connectivity index (χ3n) is 5.32. The van der Waals surface area contributed by atoms with Crippen LogP contribution in [0.3, 0.4) is 0 Å². The highest BCUT2D eigenvalue weighted by Crippen LogP contribution is 2.30. The molecule has 2 aliphatic rings. The first-order valence-electron chi connectivity index (χ1n) is 8.64. The van der Waals surface area contributed by atoms with E-state index >= 15 is 0 Å². The number of hydrogen-bond donors (Lipinski definition) is 1. The third-order valence-corrected chi connectivity index (χ3v) is 5.32. The van der Waals surface area contributed by atoms with Gasteiger partial charge in [-0.1, -0.05) is 20.3 Å². The first-order valence-corrected chi connectivity index (χ1v) is 8.64. The van der Waals surface area contributed by atoms with Crippen LogP contribution < -0.4 is 5.32 Å². The SMILES string of the molecule is CCCN1CCCC(C(C)NCC2CCC(C)C2)C1. The average Bonchev–Trinajstić information content (AvgIpc) is 2.82. The van der Waals surface area contributed by atoms with E-state index in [9.17, 15) is 0 Å². The summed E-state index contributed by atoms with van der Waals surface area (Å²) < 4.78 is 0. The first-order chi connectivity index (χ1) is 9.19. The Labute approximate surface area is 120 Å². The van der Waals surface area contributed by atoms with Gasteiger partial charge in [-0.15, -0.1) is 0 Å². The highest BCUT2D eigenvalue weighted by Gasteiger charge is 2.26. The van der Waals surface area contributed by atoms with E-state index in [-0.39, 0.29) is 0 Å². The molecule has 0 aromatic carbocycles. The van der Waals surface area contributed by atoms with Gasteiger partial charge in [0.05, 0.1) is 0 Å². The van der Waals surface area contributed by atoms with Crippen LogP contribution in [0.5, 0.6) is 0 Å². The molecular weight excluding hydrogens is 232 g/mol. The van der Waals surface area contributed by atoms with E-state index in [1.807, 2.05) is 0 Å². The number of hydrogen-bond acceptors (Lipinski definition) is 2. The van der Waals surface area contributed by atoms with Crippen LogP contribution in [-0.4, -0.2) is 37.1 Å². The van der Waals surface area contributed by atoms with Crippen molar-refractivity contribution in [2.24, 2.45) is 17.8 Å². The Bertz CT molecular complexity index is 252. The van der Waals surface area contributed by atoms with Crippen LogP contribution in [0.2, 0.25) is 0 Å². The molecule has 1 aliphatic heterocycles. The fourth-order valence-electron chi connectivity index (χ4n) is 4.05. The summed E-state index contributed by atoms with van der Waals surface area (Å²) in [5.41, 5.74) is 0. The summed E-state index contributed by atoms with van der Waals surface area (Å²) in [7, 11) is 0. The van der Waals surface area contributed by atoms with Crippen molar-refractivity contribution >= 4 is 0 Å². The molecule has 1 saturated carbocycles. The van der Waals surface area contributed by atoms with Crippen LogP contribution in [0, 0.1) is 17.8 Å². The molecule has 0 radical (unpaired) electrons. The summed E-state index contributed by atoms with van der Waals surface area (Å²) in [4.78, 5) is 2.67. The van der Waals surface area contributed by atoms with Gasteiger partial charge in [0, 0.05) is 12.6 Å². The number of nitrogens with one attached hydrogen (secondary N) is 1. The molecule has 0 aromatic rings. The van der Waals surface area contributed by atoms with Gasteiger partial charge >= 0.3 is 0 Å². The molecule has 0 bridgehead atoms. The van der Waals surface area contributed by atoms with Crippen LogP contribution in [0.1, 0.15) is 59.3 Å². The van der Waals surface area contributed by atoms with Crippen molar-refractivity contribution < 1.29 is 0 Å². The molecule has 1 saturated heterocycles. The van der Waals surface area contributed by atoms with E-state index in [1.165, 1.54) is 64.7 Å². The van der Waals surface area contributed by atoms with Crippen LogP contribution >= 0.6 is 0 Å². The van der Waals surface area contributed by atoms with E-state index in [4.69, 9.17) is 0 Å². The van der Waals surface area contributed by atoms with Gasteiger partial charge < -0.3 is 10.2 Å². The van der Waals surface area contributed by atoms with Gasteiger partial charge in [0.15, 0.2) is 0 Å². The maximum Gasteiger partial charge on any atom is 0.00793 e. The zero-order valence-electron chi connectivity index (χ0n) is 13.3. The summed E-state index contributed by atoms with van der Waals surface area (Å²) in [6.45, 7) is 12.3. The lowest BCUT2D eigenvalue weighted by Gasteiger charge is -2.36. The van der Waals surface area contributed by atoms with Gasteiger partial charge in [0.25, 0.3) is 0 Å². The Morgan fingerprint density at radius 3 is 2.79 bits per heavy atom. The number of rotatable bonds is 6. The number of piperidine rings is 1. The topological polar surface area (TPSA) is 15.3 Å². The van der Waals surface area contributed by atoms with Gasteiger partial charge in [-0.3, -0.25) is 0 Å². The molecule has 2 rings (SSSR count). The second-order valence-corrected chi connectivity index (χ2v) is 7.18. The van der Waals surface area contributed by atoms with Gasteiger partial charge in [-0.25, -0.2) is 0 Å². The monoisotopic (exact) mass is 266 g/mol. The molecule has 0 aromatic heterocycles. The molecule has 4 unspecified atom stereocenters. The summed E-state index contributed by atoms with van der Waals surface area (Å²) in [5.74, 6) is 2.80.